The number of rotatable bonds is 2. The summed E-state index contributed by atoms with van der Waals surface area (Å²) in [5.74, 6) is 0.906. The molecule has 0 bridgehead atoms. The standard InChI is InChI=1S/C7H16N3/c1-5-6-10(4)7(8-2)9-3/h1,5-6H2,2-4H3,(H,8,9). The van der Waals surface area contributed by atoms with Crippen LogP contribution in [0, 0.1) is 6.92 Å². The lowest BCUT2D eigenvalue weighted by atomic mass is 10.4. The maximum absolute atomic E-state index is 4.03. The van der Waals surface area contributed by atoms with Gasteiger partial charge in [-0.1, -0.05) is 6.92 Å². The van der Waals surface area contributed by atoms with Gasteiger partial charge in [0.1, 0.15) is 0 Å². The zero-order valence-electron chi connectivity index (χ0n) is 7.02. The van der Waals surface area contributed by atoms with E-state index in [4.69, 9.17) is 0 Å². The molecule has 0 atom stereocenters. The predicted molar refractivity (Wildman–Crippen MR) is 45.0 cm³/mol. The normalized spacial score (nSPS) is 11.4. The molecular formula is C7H16N3. The van der Waals surface area contributed by atoms with Crippen LogP contribution >= 0.6 is 0 Å². The summed E-state index contributed by atoms with van der Waals surface area (Å²) in [5.41, 5.74) is 0. The third-order valence-corrected chi connectivity index (χ3v) is 1.29. The van der Waals surface area contributed by atoms with Crippen molar-refractivity contribution in [2.75, 3.05) is 27.7 Å². The summed E-state index contributed by atoms with van der Waals surface area (Å²) in [6, 6.07) is 0. The smallest absolute Gasteiger partial charge is 0.193 e. The number of hydrogen-bond acceptors (Lipinski definition) is 1. The van der Waals surface area contributed by atoms with Crippen LogP contribution in [0.5, 0.6) is 0 Å². The highest BCUT2D eigenvalue weighted by Crippen LogP contribution is 1.85. The van der Waals surface area contributed by atoms with Crippen LogP contribution in [0.2, 0.25) is 0 Å². The molecule has 0 aromatic rings. The van der Waals surface area contributed by atoms with Crippen LogP contribution in [0.25, 0.3) is 0 Å². The monoisotopic (exact) mass is 142 g/mol. The number of hydrogen-bond donors (Lipinski definition) is 1. The number of nitrogens with one attached hydrogen (secondary N) is 1. The van der Waals surface area contributed by atoms with Gasteiger partial charge in [-0.2, -0.15) is 0 Å². The molecule has 1 N–H and O–H groups in total. The molecule has 3 heteroatoms. The minimum absolute atomic E-state index is 0.900. The lowest BCUT2D eigenvalue weighted by molar-refractivity contribution is 0.495. The van der Waals surface area contributed by atoms with Crippen LogP contribution in [-0.2, 0) is 0 Å². The van der Waals surface area contributed by atoms with Gasteiger partial charge in [-0.05, 0) is 6.42 Å². The molecular weight excluding hydrogens is 126 g/mol. The Morgan fingerprint density at radius 2 is 2.30 bits per heavy atom. The molecule has 0 heterocycles. The number of aliphatic imine (C=N–C) groups is 1. The largest absolute Gasteiger partial charge is 0.359 e. The summed E-state index contributed by atoms with van der Waals surface area (Å²) in [6.07, 6.45) is 0.900. The molecule has 0 aromatic heterocycles. The van der Waals surface area contributed by atoms with Gasteiger partial charge in [0.15, 0.2) is 5.96 Å². The molecule has 0 fully saturated rings. The van der Waals surface area contributed by atoms with E-state index in [-0.39, 0.29) is 0 Å². The summed E-state index contributed by atoms with van der Waals surface area (Å²) in [4.78, 5) is 6.06. The average Bonchev–Trinajstić information content (AvgIpc) is 1.91. The van der Waals surface area contributed by atoms with Crippen LogP contribution in [0.3, 0.4) is 0 Å². The van der Waals surface area contributed by atoms with E-state index in [1.165, 1.54) is 0 Å². The molecule has 3 nitrogen and oxygen atoms in total. The first-order valence-corrected chi connectivity index (χ1v) is 3.41. The molecule has 0 saturated heterocycles. The Bertz CT molecular complexity index is 109. The highest BCUT2D eigenvalue weighted by atomic mass is 15.3. The summed E-state index contributed by atoms with van der Waals surface area (Å²) in [6.45, 7) is 4.69. The zero-order chi connectivity index (χ0) is 7.98. The third kappa shape index (κ3) is 2.71. The highest BCUT2D eigenvalue weighted by molar-refractivity contribution is 5.79. The van der Waals surface area contributed by atoms with Gasteiger partial charge in [-0.15, -0.1) is 0 Å². The lowest BCUT2D eigenvalue weighted by Crippen LogP contribution is -2.36. The van der Waals surface area contributed by atoms with E-state index in [2.05, 4.69) is 17.2 Å². The van der Waals surface area contributed by atoms with Crippen molar-refractivity contribution in [3.63, 3.8) is 0 Å². The first-order chi connectivity index (χ1) is 4.76. The Balaban J connectivity index is 3.77. The van der Waals surface area contributed by atoms with Gasteiger partial charge >= 0.3 is 0 Å². The fraction of sp³-hybridized carbons (Fsp3) is 0.714. The van der Waals surface area contributed by atoms with Crippen molar-refractivity contribution in [1.82, 2.24) is 10.2 Å². The van der Waals surface area contributed by atoms with Crippen molar-refractivity contribution in [3.8, 4) is 0 Å². The van der Waals surface area contributed by atoms with Crippen molar-refractivity contribution in [1.29, 1.82) is 0 Å². The molecule has 0 aliphatic rings. The Morgan fingerprint density at radius 1 is 1.70 bits per heavy atom. The summed E-state index contributed by atoms with van der Waals surface area (Å²) in [5, 5.41) is 2.98. The van der Waals surface area contributed by atoms with Gasteiger partial charge in [0, 0.05) is 27.7 Å². The molecule has 0 rings (SSSR count). The fourth-order valence-electron chi connectivity index (χ4n) is 0.816. The maximum Gasteiger partial charge on any atom is 0.193 e. The predicted octanol–water partition coefficient (Wildman–Crippen LogP) is 0.348. The van der Waals surface area contributed by atoms with Crippen LogP contribution in [-0.4, -0.2) is 38.5 Å². The van der Waals surface area contributed by atoms with Crippen molar-refractivity contribution in [3.05, 3.63) is 6.92 Å². The van der Waals surface area contributed by atoms with E-state index in [1.54, 1.807) is 7.05 Å². The third-order valence-electron chi connectivity index (χ3n) is 1.29. The quantitative estimate of drug-likeness (QED) is 0.445. The van der Waals surface area contributed by atoms with Gasteiger partial charge in [0.2, 0.25) is 0 Å². The number of guanidine groups is 1. The molecule has 59 valence electrons. The second-order valence-corrected chi connectivity index (χ2v) is 2.07. The van der Waals surface area contributed by atoms with E-state index in [1.807, 2.05) is 19.0 Å². The Labute approximate surface area is 63.1 Å². The summed E-state index contributed by atoms with van der Waals surface area (Å²) >= 11 is 0. The van der Waals surface area contributed by atoms with Crippen LogP contribution in [0.15, 0.2) is 4.99 Å². The van der Waals surface area contributed by atoms with E-state index >= 15 is 0 Å². The lowest BCUT2D eigenvalue weighted by Gasteiger charge is -2.18. The van der Waals surface area contributed by atoms with E-state index < -0.39 is 0 Å². The minimum Gasteiger partial charge on any atom is -0.359 e. The second-order valence-electron chi connectivity index (χ2n) is 2.07. The molecule has 0 amide bonds. The van der Waals surface area contributed by atoms with Gasteiger partial charge < -0.3 is 10.2 Å². The SMILES string of the molecule is [CH2]CCN(C)C(=NC)NC. The van der Waals surface area contributed by atoms with Crippen LogP contribution in [0.1, 0.15) is 6.42 Å². The highest BCUT2D eigenvalue weighted by Gasteiger charge is 1.98. The van der Waals surface area contributed by atoms with Crippen molar-refractivity contribution in [2.45, 2.75) is 6.42 Å². The van der Waals surface area contributed by atoms with Crippen LogP contribution in [0.4, 0.5) is 0 Å². The Hall–Kier alpha value is -0.730. The fourth-order valence-corrected chi connectivity index (χ4v) is 0.816. The van der Waals surface area contributed by atoms with Gasteiger partial charge in [-0.3, -0.25) is 4.99 Å². The summed E-state index contributed by atoms with van der Waals surface area (Å²) < 4.78 is 0. The van der Waals surface area contributed by atoms with Gasteiger partial charge in [-0.25, -0.2) is 0 Å². The van der Waals surface area contributed by atoms with Crippen molar-refractivity contribution < 1.29 is 0 Å². The van der Waals surface area contributed by atoms with E-state index in [0.717, 1.165) is 18.9 Å². The van der Waals surface area contributed by atoms with Gasteiger partial charge in [0.25, 0.3) is 0 Å². The first kappa shape index (κ1) is 9.27. The first-order valence-electron chi connectivity index (χ1n) is 3.41. The average molecular weight is 142 g/mol. The molecule has 0 aliphatic carbocycles. The molecule has 10 heavy (non-hydrogen) atoms. The molecule has 0 saturated carbocycles. The molecule has 0 unspecified atom stereocenters. The van der Waals surface area contributed by atoms with E-state index in [9.17, 15) is 0 Å². The number of nitrogens with zero attached hydrogens (tertiary/aromatic N) is 2. The molecule has 0 aromatic carbocycles. The van der Waals surface area contributed by atoms with Crippen molar-refractivity contribution in [2.24, 2.45) is 4.99 Å². The Morgan fingerprint density at radius 3 is 2.60 bits per heavy atom. The van der Waals surface area contributed by atoms with Crippen molar-refractivity contribution >= 4 is 5.96 Å². The summed E-state index contributed by atoms with van der Waals surface area (Å²) in [7, 11) is 5.62. The van der Waals surface area contributed by atoms with Gasteiger partial charge in [0.05, 0.1) is 0 Å². The van der Waals surface area contributed by atoms with Crippen LogP contribution < -0.4 is 5.32 Å². The molecule has 0 aliphatic heterocycles. The molecule has 0 spiro atoms. The van der Waals surface area contributed by atoms with E-state index in [0.29, 0.717) is 0 Å². The Kier molecular flexibility index (Phi) is 4.72. The molecule has 1 radical (unpaired) electrons. The maximum atomic E-state index is 4.03. The zero-order valence-corrected chi connectivity index (χ0v) is 7.02. The second kappa shape index (κ2) is 5.09. The topological polar surface area (TPSA) is 27.6 Å². The minimum atomic E-state index is 0.900.